The first-order valence-electron chi connectivity index (χ1n) is 5.67. The Balaban J connectivity index is 2.59. The molecule has 0 aliphatic heterocycles. The molecule has 0 radical (unpaired) electrons. The monoisotopic (exact) mass is 225 g/mol. The van der Waals surface area contributed by atoms with E-state index in [0.717, 1.165) is 25.5 Å². The number of nitrogens with zero attached hydrogens (tertiary/aromatic N) is 2. The van der Waals surface area contributed by atoms with Crippen LogP contribution in [-0.4, -0.2) is 29.8 Å². The summed E-state index contributed by atoms with van der Waals surface area (Å²) in [4.78, 5) is 4.48. The maximum atomic E-state index is 4.98. The fourth-order valence-electron chi connectivity index (χ4n) is 1.70. The molecule has 92 valence electrons. The highest BCUT2D eigenvalue weighted by molar-refractivity contribution is 5.11. The molecule has 0 aromatic carbocycles. The zero-order valence-electron chi connectivity index (χ0n) is 11.0. The minimum absolute atomic E-state index is 0.0968. The third kappa shape index (κ3) is 3.32. The molecule has 0 fully saturated rings. The quantitative estimate of drug-likeness (QED) is 0.771. The maximum Gasteiger partial charge on any atom is 0.114 e. The first-order chi connectivity index (χ1) is 7.46. The Bertz CT molecular complexity index is 325. The van der Waals surface area contributed by atoms with Gasteiger partial charge in [0.05, 0.1) is 12.3 Å². The minimum atomic E-state index is 0.0968. The van der Waals surface area contributed by atoms with Gasteiger partial charge < -0.3 is 14.6 Å². The Hall–Kier alpha value is -0.870. The summed E-state index contributed by atoms with van der Waals surface area (Å²) in [6.45, 7) is 8.98. The van der Waals surface area contributed by atoms with Crippen LogP contribution >= 0.6 is 0 Å². The van der Waals surface area contributed by atoms with Crippen LogP contribution in [0.3, 0.4) is 0 Å². The number of rotatable bonds is 5. The van der Waals surface area contributed by atoms with Gasteiger partial charge in [-0.25, -0.2) is 4.98 Å². The average molecular weight is 225 g/mol. The predicted molar refractivity (Wildman–Crippen MR) is 65.5 cm³/mol. The smallest absolute Gasteiger partial charge is 0.114 e. The van der Waals surface area contributed by atoms with Gasteiger partial charge in [-0.15, -0.1) is 0 Å². The van der Waals surface area contributed by atoms with E-state index in [1.165, 1.54) is 5.69 Å². The highest BCUT2D eigenvalue weighted by atomic mass is 16.5. The number of methoxy groups -OCH3 is 1. The number of ether oxygens (including phenoxy) is 1. The van der Waals surface area contributed by atoms with Crippen LogP contribution in [0.25, 0.3) is 0 Å². The summed E-state index contributed by atoms with van der Waals surface area (Å²) in [6.07, 6.45) is 1.94. The van der Waals surface area contributed by atoms with Gasteiger partial charge in [0.15, 0.2) is 0 Å². The molecule has 1 N–H and O–H groups in total. The van der Waals surface area contributed by atoms with Crippen molar-refractivity contribution < 1.29 is 4.74 Å². The molecule has 1 aromatic heterocycles. The van der Waals surface area contributed by atoms with Crippen LogP contribution in [-0.2, 0) is 23.7 Å². The van der Waals surface area contributed by atoms with E-state index in [1.807, 2.05) is 6.20 Å². The van der Waals surface area contributed by atoms with E-state index in [2.05, 4.69) is 42.7 Å². The Morgan fingerprint density at radius 2 is 2.12 bits per heavy atom. The third-order valence-electron chi connectivity index (χ3n) is 2.54. The van der Waals surface area contributed by atoms with E-state index in [-0.39, 0.29) is 5.41 Å². The number of imidazole rings is 1. The minimum Gasteiger partial charge on any atom is -0.383 e. The largest absolute Gasteiger partial charge is 0.383 e. The van der Waals surface area contributed by atoms with Crippen LogP contribution in [0.15, 0.2) is 6.20 Å². The van der Waals surface area contributed by atoms with E-state index in [9.17, 15) is 0 Å². The molecule has 1 rings (SSSR count). The van der Waals surface area contributed by atoms with Gasteiger partial charge in [-0.05, 0) is 0 Å². The normalized spacial score (nSPS) is 12.1. The summed E-state index contributed by atoms with van der Waals surface area (Å²) in [6, 6.07) is 0. The maximum absolute atomic E-state index is 4.98. The lowest BCUT2D eigenvalue weighted by Crippen LogP contribution is -2.22. The summed E-state index contributed by atoms with van der Waals surface area (Å²) < 4.78 is 7.15. The molecule has 1 aromatic rings. The lowest BCUT2D eigenvalue weighted by atomic mass is 9.96. The van der Waals surface area contributed by atoms with E-state index in [4.69, 9.17) is 4.74 Å². The molecule has 0 spiro atoms. The van der Waals surface area contributed by atoms with Crippen LogP contribution < -0.4 is 5.32 Å². The number of aromatic nitrogens is 2. The molecule has 1 heterocycles. The summed E-state index contributed by atoms with van der Waals surface area (Å²) in [5, 5.41) is 3.32. The summed E-state index contributed by atoms with van der Waals surface area (Å²) >= 11 is 0. The highest BCUT2D eigenvalue weighted by Crippen LogP contribution is 2.20. The van der Waals surface area contributed by atoms with Gasteiger partial charge in [-0.1, -0.05) is 20.8 Å². The van der Waals surface area contributed by atoms with Gasteiger partial charge in [0, 0.05) is 38.9 Å². The number of hydrogen-bond donors (Lipinski definition) is 1. The average Bonchev–Trinajstić information content (AvgIpc) is 2.54. The first-order valence-corrected chi connectivity index (χ1v) is 5.67. The zero-order valence-corrected chi connectivity index (χ0v) is 11.0. The molecule has 0 unspecified atom stereocenters. The van der Waals surface area contributed by atoms with Crippen molar-refractivity contribution in [2.75, 3.05) is 20.3 Å². The topological polar surface area (TPSA) is 39.1 Å². The van der Waals surface area contributed by atoms with Gasteiger partial charge in [0.2, 0.25) is 0 Å². The zero-order chi connectivity index (χ0) is 12.2. The Morgan fingerprint density at radius 1 is 1.44 bits per heavy atom. The summed E-state index contributed by atoms with van der Waals surface area (Å²) in [5.74, 6) is 1.12. The predicted octanol–water partition coefficient (Wildman–Crippen LogP) is 1.45. The fourth-order valence-corrected chi connectivity index (χ4v) is 1.70. The number of hydrogen-bond acceptors (Lipinski definition) is 3. The molecular weight excluding hydrogens is 202 g/mol. The molecule has 0 aliphatic rings. The van der Waals surface area contributed by atoms with Gasteiger partial charge in [0.25, 0.3) is 0 Å². The molecule has 0 aliphatic carbocycles. The van der Waals surface area contributed by atoms with Gasteiger partial charge in [-0.3, -0.25) is 0 Å². The second-order valence-electron chi connectivity index (χ2n) is 5.05. The van der Waals surface area contributed by atoms with Crippen molar-refractivity contribution in [2.45, 2.75) is 32.7 Å². The standard InChI is InChI=1S/C12H23N3O/c1-12(2,3)11-14-9-10(15(11)4)8-13-6-7-16-5/h9,13H,6-8H2,1-5H3. The van der Waals surface area contributed by atoms with Crippen LogP contribution in [0.2, 0.25) is 0 Å². The highest BCUT2D eigenvalue weighted by Gasteiger charge is 2.20. The SMILES string of the molecule is COCCNCc1cnc(C(C)(C)C)n1C. The van der Waals surface area contributed by atoms with Crippen molar-refractivity contribution in [1.82, 2.24) is 14.9 Å². The molecule has 0 bridgehead atoms. The molecule has 4 nitrogen and oxygen atoms in total. The van der Waals surface area contributed by atoms with Crippen molar-refractivity contribution in [3.05, 3.63) is 17.7 Å². The Morgan fingerprint density at radius 3 is 2.62 bits per heavy atom. The summed E-state index contributed by atoms with van der Waals surface area (Å²) in [5.41, 5.74) is 1.31. The van der Waals surface area contributed by atoms with Crippen LogP contribution in [0, 0.1) is 0 Å². The Labute approximate surface area is 98.0 Å². The Kier molecular flexibility index (Phi) is 4.50. The van der Waals surface area contributed by atoms with Gasteiger partial charge in [-0.2, -0.15) is 0 Å². The van der Waals surface area contributed by atoms with Crippen LogP contribution in [0.4, 0.5) is 0 Å². The van der Waals surface area contributed by atoms with E-state index in [1.54, 1.807) is 7.11 Å². The van der Waals surface area contributed by atoms with Crippen molar-refractivity contribution in [2.24, 2.45) is 7.05 Å². The van der Waals surface area contributed by atoms with Crippen molar-refractivity contribution in [3.63, 3.8) is 0 Å². The van der Waals surface area contributed by atoms with Crippen molar-refractivity contribution in [1.29, 1.82) is 0 Å². The first kappa shape index (κ1) is 13.2. The van der Waals surface area contributed by atoms with E-state index in [0.29, 0.717) is 0 Å². The van der Waals surface area contributed by atoms with Crippen LogP contribution in [0.5, 0.6) is 0 Å². The second kappa shape index (κ2) is 5.46. The van der Waals surface area contributed by atoms with Crippen LogP contribution in [0.1, 0.15) is 32.3 Å². The molecule has 0 saturated carbocycles. The molecular formula is C12H23N3O. The second-order valence-corrected chi connectivity index (χ2v) is 5.05. The molecule has 0 saturated heterocycles. The molecule has 4 heteroatoms. The van der Waals surface area contributed by atoms with Gasteiger partial charge >= 0.3 is 0 Å². The third-order valence-corrected chi connectivity index (χ3v) is 2.54. The fraction of sp³-hybridized carbons (Fsp3) is 0.750. The van der Waals surface area contributed by atoms with Gasteiger partial charge in [0.1, 0.15) is 5.82 Å². The van der Waals surface area contributed by atoms with E-state index >= 15 is 0 Å². The summed E-state index contributed by atoms with van der Waals surface area (Å²) in [7, 11) is 3.78. The molecule has 0 atom stereocenters. The lowest BCUT2D eigenvalue weighted by Gasteiger charge is -2.18. The molecule has 0 amide bonds. The lowest BCUT2D eigenvalue weighted by molar-refractivity contribution is 0.199. The van der Waals surface area contributed by atoms with E-state index < -0.39 is 0 Å². The van der Waals surface area contributed by atoms with Crippen molar-refractivity contribution >= 4 is 0 Å². The number of nitrogens with one attached hydrogen (secondary N) is 1. The molecule has 16 heavy (non-hydrogen) atoms. The van der Waals surface area contributed by atoms with Crippen molar-refractivity contribution in [3.8, 4) is 0 Å².